The summed E-state index contributed by atoms with van der Waals surface area (Å²) in [4.78, 5) is 0. The number of hydrogen-bond acceptors (Lipinski definition) is 1. The largest absolute Gasteiger partial charge is 0.496 e. The van der Waals surface area contributed by atoms with E-state index in [9.17, 15) is 0 Å². The fraction of sp³-hybridized carbons (Fsp3) is 0.0909. The Labute approximate surface area is 202 Å². The minimum Gasteiger partial charge on any atom is -0.496 e. The summed E-state index contributed by atoms with van der Waals surface area (Å²) in [6.07, 6.45) is 0. The summed E-state index contributed by atoms with van der Waals surface area (Å²) in [7, 11) is 1.76. The van der Waals surface area contributed by atoms with Crippen LogP contribution in [0.4, 0.5) is 0 Å². The first kappa shape index (κ1) is 21.7. The van der Waals surface area contributed by atoms with Gasteiger partial charge in [0.25, 0.3) is 0 Å². The average Bonchev–Trinajstić information content (AvgIpc) is 2.93. The molecule has 0 saturated heterocycles. The Kier molecular flexibility index (Phi) is 6.27. The van der Waals surface area contributed by atoms with E-state index >= 15 is 0 Å². The van der Waals surface area contributed by atoms with Crippen LogP contribution in [0.2, 0.25) is 0 Å². The van der Waals surface area contributed by atoms with E-state index < -0.39 is 5.41 Å². The number of rotatable bonds is 7. The number of hydrogen-bond donors (Lipinski definition) is 0. The molecule has 0 saturated carbocycles. The van der Waals surface area contributed by atoms with Crippen LogP contribution in [0.1, 0.15) is 33.7 Å². The number of benzene rings is 5. The molecule has 0 bridgehead atoms. The summed E-state index contributed by atoms with van der Waals surface area (Å²) in [5.41, 5.74) is 5.64. The SMILES string of the molecule is COc1ccccc1[C@H](c1ccccc1)C(c1ccccc1)(c1ccccc1)c1ccccc1. The van der Waals surface area contributed by atoms with Crippen LogP contribution in [0.3, 0.4) is 0 Å². The van der Waals surface area contributed by atoms with Crippen LogP contribution >= 0.6 is 0 Å². The van der Waals surface area contributed by atoms with Gasteiger partial charge in [0, 0.05) is 11.5 Å². The van der Waals surface area contributed by atoms with Crippen molar-refractivity contribution in [3.8, 4) is 5.75 Å². The van der Waals surface area contributed by atoms with Crippen LogP contribution < -0.4 is 4.74 Å². The average molecular weight is 441 g/mol. The molecule has 34 heavy (non-hydrogen) atoms. The van der Waals surface area contributed by atoms with E-state index in [0.29, 0.717) is 0 Å². The van der Waals surface area contributed by atoms with Gasteiger partial charge in [0.1, 0.15) is 5.75 Å². The first-order chi connectivity index (χ1) is 16.9. The minimum absolute atomic E-state index is 0.0305. The van der Waals surface area contributed by atoms with Crippen LogP contribution in [0.25, 0.3) is 0 Å². The van der Waals surface area contributed by atoms with Gasteiger partial charge in [-0.25, -0.2) is 0 Å². The molecule has 1 atom stereocenters. The highest BCUT2D eigenvalue weighted by Gasteiger charge is 2.46. The van der Waals surface area contributed by atoms with Gasteiger partial charge in [-0.15, -0.1) is 0 Å². The van der Waals surface area contributed by atoms with Crippen LogP contribution in [0.15, 0.2) is 146 Å². The highest BCUT2D eigenvalue weighted by Crippen LogP contribution is 2.54. The van der Waals surface area contributed by atoms with Gasteiger partial charge in [-0.05, 0) is 28.3 Å². The fourth-order valence-electron chi connectivity index (χ4n) is 5.32. The number of ether oxygens (including phenoxy) is 1. The zero-order chi connectivity index (χ0) is 23.2. The molecular formula is C33H28O. The molecule has 0 fully saturated rings. The summed E-state index contributed by atoms with van der Waals surface area (Å²) >= 11 is 0. The summed E-state index contributed by atoms with van der Waals surface area (Å²) < 4.78 is 5.95. The molecule has 1 heteroatoms. The molecular weight excluding hydrogens is 412 g/mol. The molecule has 0 spiro atoms. The monoisotopic (exact) mass is 440 g/mol. The molecule has 0 radical (unpaired) electrons. The van der Waals surface area contributed by atoms with Gasteiger partial charge in [0.05, 0.1) is 12.5 Å². The Balaban J connectivity index is 1.97. The minimum atomic E-state index is -0.486. The van der Waals surface area contributed by atoms with Gasteiger partial charge in [-0.3, -0.25) is 0 Å². The van der Waals surface area contributed by atoms with Crippen molar-refractivity contribution in [3.05, 3.63) is 173 Å². The van der Waals surface area contributed by atoms with Crippen molar-refractivity contribution in [2.45, 2.75) is 11.3 Å². The van der Waals surface area contributed by atoms with Crippen molar-refractivity contribution in [2.24, 2.45) is 0 Å². The predicted octanol–water partition coefficient (Wildman–Crippen LogP) is 7.86. The summed E-state index contributed by atoms with van der Waals surface area (Å²) in [6.45, 7) is 0. The maximum absolute atomic E-state index is 5.95. The molecule has 1 nitrogen and oxygen atoms in total. The van der Waals surface area contributed by atoms with Crippen molar-refractivity contribution in [2.75, 3.05) is 7.11 Å². The first-order valence-electron chi connectivity index (χ1n) is 11.7. The lowest BCUT2D eigenvalue weighted by molar-refractivity contribution is 0.400. The molecule has 0 heterocycles. The van der Waals surface area contributed by atoms with Crippen molar-refractivity contribution < 1.29 is 4.74 Å². The molecule has 0 aromatic heterocycles. The van der Waals surface area contributed by atoms with E-state index in [4.69, 9.17) is 4.74 Å². The molecule has 166 valence electrons. The number of methoxy groups -OCH3 is 1. The van der Waals surface area contributed by atoms with Crippen LogP contribution in [0, 0.1) is 0 Å². The van der Waals surface area contributed by atoms with Crippen LogP contribution in [-0.4, -0.2) is 7.11 Å². The van der Waals surface area contributed by atoms with E-state index in [0.717, 1.165) is 11.3 Å². The van der Waals surface area contributed by atoms with E-state index in [1.54, 1.807) is 7.11 Å². The van der Waals surface area contributed by atoms with Crippen LogP contribution in [-0.2, 0) is 5.41 Å². The summed E-state index contributed by atoms with van der Waals surface area (Å²) in [5, 5.41) is 0. The highest BCUT2D eigenvalue weighted by molar-refractivity contribution is 5.60. The smallest absolute Gasteiger partial charge is 0.122 e. The lowest BCUT2D eigenvalue weighted by Gasteiger charge is -2.44. The third-order valence-corrected chi connectivity index (χ3v) is 6.70. The Morgan fingerprint density at radius 3 is 1.29 bits per heavy atom. The third-order valence-electron chi connectivity index (χ3n) is 6.70. The molecule has 0 unspecified atom stereocenters. The molecule has 5 rings (SSSR count). The molecule has 0 aliphatic carbocycles. The van der Waals surface area contributed by atoms with Gasteiger partial charge in [0.2, 0.25) is 0 Å². The molecule has 0 aliphatic heterocycles. The second-order valence-corrected chi connectivity index (χ2v) is 8.49. The zero-order valence-electron chi connectivity index (χ0n) is 19.3. The Hall–Kier alpha value is -4.10. The third kappa shape index (κ3) is 3.80. The van der Waals surface area contributed by atoms with Gasteiger partial charge < -0.3 is 4.74 Å². The van der Waals surface area contributed by atoms with Gasteiger partial charge >= 0.3 is 0 Å². The standard InChI is InChI=1S/C33H28O/c1-34-31-25-15-14-24-30(31)32(26-16-6-2-7-17-26)33(27-18-8-3-9-19-27,28-20-10-4-11-21-28)29-22-12-5-13-23-29/h2-25,32H,1H3/t32-/m0/s1. The van der Waals surface area contributed by atoms with E-state index in [1.807, 2.05) is 6.07 Å². The molecule has 0 N–H and O–H groups in total. The normalized spacial score (nSPS) is 12.1. The van der Waals surface area contributed by atoms with E-state index in [2.05, 4.69) is 140 Å². The second kappa shape index (κ2) is 9.80. The topological polar surface area (TPSA) is 9.23 Å². The maximum atomic E-state index is 5.95. The molecule has 5 aromatic carbocycles. The van der Waals surface area contributed by atoms with Gasteiger partial charge in [-0.2, -0.15) is 0 Å². The van der Waals surface area contributed by atoms with Gasteiger partial charge in [-0.1, -0.05) is 140 Å². The zero-order valence-corrected chi connectivity index (χ0v) is 19.3. The molecule has 0 amide bonds. The predicted molar refractivity (Wildman–Crippen MR) is 140 cm³/mol. The van der Waals surface area contributed by atoms with E-state index in [-0.39, 0.29) is 5.92 Å². The van der Waals surface area contributed by atoms with Crippen molar-refractivity contribution in [1.82, 2.24) is 0 Å². The Morgan fingerprint density at radius 1 is 0.471 bits per heavy atom. The lowest BCUT2D eigenvalue weighted by Crippen LogP contribution is -2.37. The fourth-order valence-corrected chi connectivity index (χ4v) is 5.32. The quantitative estimate of drug-likeness (QED) is 0.234. The van der Waals surface area contributed by atoms with Crippen molar-refractivity contribution in [3.63, 3.8) is 0 Å². The van der Waals surface area contributed by atoms with E-state index in [1.165, 1.54) is 22.3 Å². The first-order valence-corrected chi connectivity index (χ1v) is 11.7. The van der Waals surface area contributed by atoms with Gasteiger partial charge in [0.15, 0.2) is 0 Å². The van der Waals surface area contributed by atoms with Crippen molar-refractivity contribution >= 4 is 0 Å². The Morgan fingerprint density at radius 2 is 0.853 bits per heavy atom. The highest BCUT2D eigenvalue weighted by atomic mass is 16.5. The van der Waals surface area contributed by atoms with Crippen LogP contribution in [0.5, 0.6) is 5.75 Å². The second-order valence-electron chi connectivity index (χ2n) is 8.49. The number of para-hydroxylation sites is 1. The molecule has 5 aromatic rings. The lowest BCUT2D eigenvalue weighted by atomic mass is 9.58. The Bertz CT molecular complexity index is 1220. The summed E-state index contributed by atoms with van der Waals surface area (Å²) in [6, 6.07) is 51.9. The summed E-state index contributed by atoms with van der Waals surface area (Å²) in [5.74, 6) is 0.862. The molecule has 0 aliphatic rings. The van der Waals surface area contributed by atoms with Crippen molar-refractivity contribution in [1.29, 1.82) is 0 Å². The maximum Gasteiger partial charge on any atom is 0.122 e.